The van der Waals surface area contributed by atoms with E-state index in [4.69, 9.17) is 4.74 Å². The van der Waals surface area contributed by atoms with Crippen molar-refractivity contribution >= 4 is 43.8 Å². The van der Waals surface area contributed by atoms with Crippen molar-refractivity contribution in [2.24, 2.45) is 0 Å². The molecule has 0 N–H and O–H groups in total. The fraction of sp³-hybridized carbons (Fsp3) is 0.500. The molecule has 1 aromatic carbocycles. The second-order valence-electron chi connectivity index (χ2n) is 5.67. The fourth-order valence-electron chi connectivity index (χ4n) is 2.71. The van der Waals surface area contributed by atoms with E-state index in [2.05, 4.69) is 0 Å². The van der Waals surface area contributed by atoms with Gasteiger partial charge in [-0.05, 0) is 30.7 Å². The molecule has 6 nitrogen and oxygen atoms in total. The van der Waals surface area contributed by atoms with Crippen LogP contribution in [0.4, 0.5) is 0 Å². The monoisotopic (exact) mass is 403 g/mol. The molecule has 0 aliphatic carbocycles. The van der Waals surface area contributed by atoms with Crippen molar-refractivity contribution in [1.29, 1.82) is 0 Å². The Balaban J connectivity index is 2.25. The number of hydrogen-bond donors (Lipinski definition) is 0. The minimum Gasteiger partial charge on any atom is -0.497 e. The second kappa shape index (κ2) is 8.57. The van der Waals surface area contributed by atoms with Crippen molar-refractivity contribution < 1.29 is 22.7 Å². The van der Waals surface area contributed by atoms with Crippen molar-refractivity contribution in [3.05, 3.63) is 24.3 Å². The molecule has 138 valence electrons. The number of nitrogens with zero attached hydrogens (tertiary/aromatic N) is 1. The average Bonchev–Trinajstić information content (AvgIpc) is 2.95. The average molecular weight is 404 g/mol. The van der Waals surface area contributed by atoms with Crippen molar-refractivity contribution in [3.8, 4) is 5.75 Å². The summed E-state index contributed by atoms with van der Waals surface area (Å²) in [5.41, 5.74) is 0. The maximum Gasteiger partial charge on any atom is 0.243 e. The van der Waals surface area contributed by atoms with Gasteiger partial charge in [0.15, 0.2) is 10.2 Å². The van der Waals surface area contributed by atoms with Gasteiger partial charge in [0.1, 0.15) is 5.75 Å². The molecule has 1 aliphatic heterocycles. The summed E-state index contributed by atoms with van der Waals surface area (Å²) in [5.74, 6) is 0.966. The molecule has 2 rings (SSSR count). The molecular weight excluding hydrogens is 382 g/mol. The molecule has 0 amide bonds. The smallest absolute Gasteiger partial charge is 0.243 e. The van der Waals surface area contributed by atoms with E-state index in [0.29, 0.717) is 17.9 Å². The van der Waals surface area contributed by atoms with Crippen molar-refractivity contribution in [2.45, 2.75) is 36.5 Å². The number of carbonyl (C=O) groups excluding carboxylic acids is 2. The number of sulfonamides is 1. The van der Waals surface area contributed by atoms with E-state index in [1.54, 1.807) is 12.1 Å². The van der Waals surface area contributed by atoms with Crippen molar-refractivity contribution in [2.75, 3.05) is 19.4 Å². The van der Waals surface area contributed by atoms with Gasteiger partial charge in [-0.1, -0.05) is 23.5 Å². The predicted octanol–water partition coefficient (Wildman–Crippen LogP) is 2.39. The summed E-state index contributed by atoms with van der Waals surface area (Å²) in [6, 6.07) is 5.91. The highest BCUT2D eigenvalue weighted by molar-refractivity contribution is 8.14. The Hall–Kier alpha value is -1.03. The third-order valence-electron chi connectivity index (χ3n) is 3.80. The lowest BCUT2D eigenvalue weighted by atomic mass is 10.2. The van der Waals surface area contributed by atoms with Crippen LogP contribution in [0.3, 0.4) is 0 Å². The number of benzene rings is 1. The minimum absolute atomic E-state index is 0.0355. The van der Waals surface area contributed by atoms with Gasteiger partial charge in [0.25, 0.3) is 0 Å². The van der Waals surface area contributed by atoms with Crippen LogP contribution in [0.5, 0.6) is 5.75 Å². The number of thioether (sulfide) groups is 2. The molecule has 0 bridgehead atoms. The molecule has 0 spiro atoms. The standard InChI is InChI=1S/C16H21NO5S3/c1-11(18)23-10-13-8-15(24-12(2)19)9-17(13)25(20,21)16-6-4-14(22-3)5-7-16/h4-7,13,15H,8-10H2,1-3H3. The summed E-state index contributed by atoms with van der Waals surface area (Å²) >= 11 is 2.27. The highest BCUT2D eigenvalue weighted by atomic mass is 32.2. The lowest BCUT2D eigenvalue weighted by Crippen LogP contribution is -2.37. The molecule has 0 radical (unpaired) electrons. The maximum atomic E-state index is 13.0. The highest BCUT2D eigenvalue weighted by Crippen LogP contribution is 2.34. The molecule has 1 fully saturated rings. The molecule has 1 aliphatic rings. The Morgan fingerprint density at radius 2 is 1.84 bits per heavy atom. The van der Waals surface area contributed by atoms with Gasteiger partial charge in [-0.15, -0.1) is 0 Å². The Bertz CT molecular complexity index is 733. The van der Waals surface area contributed by atoms with E-state index < -0.39 is 10.0 Å². The summed E-state index contributed by atoms with van der Waals surface area (Å²) < 4.78 is 32.5. The molecular formula is C16H21NO5S3. The van der Waals surface area contributed by atoms with Gasteiger partial charge >= 0.3 is 0 Å². The molecule has 1 heterocycles. The van der Waals surface area contributed by atoms with E-state index in [9.17, 15) is 18.0 Å². The van der Waals surface area contributed by atoms with Gasteiger partial charge in [0.2, 0.25) is 10.0 Å². The zero-order valence-corrected chi connectivity index (χ0v) is 16.7. The molecule has 1 aromatic rings. The second-order valence-corrected chi connectivity index (χ2v) is 10.2. The first kappa shape index (κ1) is 20.3. The molecule has 0 aromatic heterocycles. The van der Waals surface area contributed by atoms with Gasteiger partial charge in [-0.3, -0.25) is 9.59 Å². The quantitative estimate of drug-likeness (QED) is 0.721. The molecule has 0 saturated carbocycles. The van der Waals surface area contributed by atoms with Gasteiger partial charge in [-0.2, -0.15) is 4.31 Å². The van der Waals surface area contributed by atoms with Crippen LogP contribution in [0.2, 0.25) is 0 Å². The number of rotatable bonds is 6. The van der Waals surface area contributed by atoms with E-state index in [1.807, 2.05) is 0 Å². The lowest BCUT2D eigenvalue weighted by Gasteiger charge is -2.23. The minimum atomic E-state index is -3.70. The Labute approximate surface area is 156 Å². The first-order chi connectivity index (χ1) is 11.7. The summed E-state index contributed by atoms with van der Waals surface area (Å²) in [5, 5.41) is -0.181. The topological polar surface area (TPSA) is 80.8 Å². The summed E-state index contributed by atoms with van der Waals surface area (Å²) in [6.45, 7) is 3.20. The van der Waals surface area contributed by atoms with Crippen LogP contribution in [0.25, 0.3) is 0 Å². The fourth-order valence-corrected chi connectivity index (χ4v) is 6.34. The summed E-state index contributed by atoms with van der Waals surface area (Å²) in [4.78, 5) is 22.8. The van der Waals surface area contributed by atoms with Crippen LogP contribution in [0.15, 0.2) is 29.2 Å². The zero-order chi connectivity index (χ0) is 18.6. The van der Waals surface area contributed by atoms with E-state index in [0.717, 1.165) is 23.5 Å². The lowest BCUT2D eigenvalue weighted by molar-refractivity contribution is -0.110. The highest BCUT2D eigenvalue weighted by Gasteiger charge is 2.41. The van der Waals surface area contributed by atoms with Crippen molar-refractivity contribution in [1.82, 2.24) is 4.31 Å². The van der Waals surface area contributed by atoms with E-state index in [-0.39, 0.29) is 33.0 Å². The van der Waals surface area contributed by atoms with Crippen LogP contribution >= 0.6 is 23.5 Å². The zero-order valence-electron chi connectivity index (χ0n) is 14.3. The Morgan fingerprint density at radius 3 is 2.36 bits per heavy atom. The van der Waals surface area contributed by atoms with Crippen LogP contribution < -0.4 is 4.74 Å². The predicted molar refractivity (Wildman–Crippen MR) is 100 cm³/mol. The van der Waals surface area contributed by atoms with Gasteiger partial charge in [-0.25, -0.2) is 8.42 Å². The summed E-state index contributed by atoms with van der Waals surface area (Å²) in [6.07, 6.45) is 0.555. The molecule has 1 saturated heterocycles. The van der Waals surface area contributed by atoms with Crippen LogP contribution in [0, 0.1) is 0 Å². The first-order valence-electron chi connectivity index (χ1n) is 7.70. The van der Waals surface area contributed by atoms with Gasteiger partial charge in [0, 0.05) is 37.4 Å². The third-order valence-corrected chi connectivity index (χ3v) is 7.70. The Morgan fingerprint density at radius 1 is 1.20 bits per heavy atom. The molecule has 2 atom stereocenters. The van der Waals surface area contributed by atoms with Gasteiger partial charge in [0.05, 0.1) is 12.0 Å². The molecule has 2 unspecified atom stereocenters. The third kappa shape index (κ3) is 5.22. The van der Waals surface area contributed by atoms with Crippen LogP contribution in [-0.2, 0) is 19.6 Å². The normalized spacial score (nSPS) is 21.2. The largest absolute Gasteiger partial charge is 0.497 e. The van der Waals surface area contributed by atoms with Crippen molar-refractivity contribution in [3.63, 3.8) is 0 Å². The number of hydrogen-bond acceptors (Lipinski definition) is 7. The number of carbonyl (C=O) groups is 2. The van der Waals surface area contributed by atoms with E-state index in [1.165, 1.54) is 37.4 Å². The SMILES string of the molecule is COc1ccc(S(=O)(=O)N2CC(SC(C)=O)CC2CSC(C)=O)cc1. The van der Waals surface area contributed by atoms with Crippen LogP contribution in [-0.4, -0.2) is 53.7 Å². The number of ether oxygens (including phenoxy) is 1. The first-order valence-corrected chi connectivity index (χ1v) is 11.0. The van der Waals surface area contributed by atoms with E-state index >= 15 is 0 Å². The van der Waals surface area contributed by atoms with Gasteiger partial charge < -0.3 is 4.74 Å². The number of methoxy groups -OCH3 is 1. The van der Waals surface area contributed by atoms with Crippen LogP contribution in [0.1, 0.15) is 20.3 Å². The maximum absolute atomic E-state index is 13.0. The Kier molecular flexibility index (Phi) is 6.95. The molecule has 25 heavy (non-hydrogen) atoms. The molecule has 9 heteroatoms. The summed E-state index contributed by atoms with van der Waals surface area (Å²) in [7, 11) is -2.18.